The molecule has 0 aromatic heterocycles. The fourth-order valence-corrected chi connectivity index (χ4v) is 3.14. The van der Waals surface area contributed by atoms with Crippen LogP contribution in [0.2, 0.25) is 0 Å². The van der Waals surface area contributed by atoms with Crippen molar-refractivity contribution >= 4 is 5.91 Å². The Bertz CT molecular complexity index is 509. The summed E-state index contributed by atoms with van der Waals surface area (Å²) in [5.41, 5.74) is 2.68. The molecule has 21 heavy (non-hydrogen) atoms. The third-order valence-electron chi connectivity index (χ3n) is 4.33. The summed E-state index contributed by atoms with van der Waals surface area (Å²) in [5, 5.41) is 0. The van der Waals surface area contributed by atoms with Crippen molar-refractivity contribution in [2.45, 2.75) is 38.7 Å². The molecule has 1 aliphatic heterocycles. The minimum Gasteiger partial charge on any atom is -0.481 e. The van der Waals surface area contributed by atoms with Crippen LogP contribution in [-0.4, -0.2) is 43.2 Å². The van der Waals surface area contributed by atoms with Gasteiger partial charge in [-0.3, -0.25) is 4.79 Å². The van der Waals surface area contributed by atoms with Gasteiger partial charge < -0.3 is 14.4 Å². The Labute approximate surface area is 126 Å². The molecule has 2 aliphatic rings. The maximum absolute atomic E-state index is 12.4. The number of rotatable bonds is 3. The molecule has 1 saturated heterocycles. The van der Waals surface area contributed by atoms with Gasteiger partial charge in [0.1, 0.15) is 5.75 Å². The quantitative estimate of drug-likeness (QED) is 0.856. The van der Waals surface area contributed by atoms with Crippen LogP contribution in [0, 0.1) is 0 Å². The van der Waals surface area contributed by atoms with Gasteiger partial charge in [-0.25, -0.2) is 0 Å². The van der Waals surface area contributed by atoms with Gasteiger partial charge in [0.25, 0.3) is 5.91 Å². The molecular weight excluding hydrogens is 266 g/mol. The van der Waals surface area contributed by atoms with Crippen LogP contribution in [0.3, 0.4) is 0 Å². The topological polar surface area (TPSA) is 38.8 Å². The van der Waals surface area contributed by atoms with Crippen molar-refractivity contribution in [3.8, 4) is 5.75 Å². The van der Waals surface area contributed by atoms with E-state index in [1.54, 1.807) is 0 Å². The number of amides is 1. The van der Waals surface area contributed by atoms with Crippen molar-refractivity contribution in [2.24, 2.45) is 0 Å². The van der Waals surface area contributed by atoms with E-state index in [-0.39, 0.29) is 5.91 Å². The first-order chi connectivity index (χ1) is 10.3. The number of nitrogens with zero attached hydrogens (tertiary/aromatic N) is 1. The fourth-order valence-electron chi connectivity index (χ4n) is 3.14. The normalized spacial score (nSPS) is 19.8. The van der Waals surface area contributed by atoms with Gasteiger partial charge >= 0.3 is 0 Å². The first-order valence-electron chi connectivity index (χ1n) is 7.89. The van der Waals surface area contributed by atoms with E-state index >= 15 is 0 Å². The van der Waals surface area contributed by atoms with E-state index in [9.17, 15) is 4.79 Å². The maximum atomic E-state index is 12.4. The Morgan fingerprint density at radius 1 is 1.24 bits per heavy atom. The van der Waals surface area contributed by atoms with Gasteiger partial charge in [0.2, 0.25) is 0 Å². The predicted molar refractivity (Wildman–Crippen MR) is 80.6 cm³/mol. The summed E-state index contributed by atoms with van der Waals surface area (Å²) in [7, 11) is 0. The van der Waals surface area contributed by atoms with Crippen molar-refractivity contribution in [1.82, 2.24) is 4.90 Å². The van der Waals surface area contributed by atoms with Crippen LogP contribution in [0.4, 0.5) is 0 Å². The van der Waals surface area contributed by atoms with Gasteiger partial charge in [-0.2, -0.15) is 0 Å². The smallest absolute Gasteiger partial charge is 0.263 e. The molecular formula is C17H23NO3. The SMILES string of the molecule is C[C@@H](Oc1cccc2c1CCCC2)C(=O)N1CCOCC1. The molecule has 0 spiro atoms. The lowest BCUT2D eigenvalue weighted by Crippen LogP contribution is -2.46. The second kappa shape index (κ2) is 6.48. The second-order valence-corrected chi connectivity index (χ2v) is 5.80. The van der Waals surface area contributed by atoms with E-state index in [1.807, 2.05) is 24.0 Å². The monoisotopic (exact) mass is 289 g/mol. The lowest BCUT2D eigenvalue weighted by atomic mass is 9.91. The molecule has 4 nitrogen and oxygen atoms in total. The summed E-state index contributed by atoms with van der Waals surface area (Å²) in [6.07, 6.45) is 4.21. The first-order valence-corrected chi connectivity index (χ1v) is 7.89. The van der Waals surface area contributed by atoms with Crippen LogP contribution in [0.5, 0.6) is 5.75 Å². The van der Waals surface area contributed by atoms with Crippen molar-refractivity contribution in [1.29, 1.82) is 0 Å². The van der Waals surface area contributed by atoms with Gasteiger partial charge in [0.05, 0.1) is 13.2 Å². The van der Waals surface area contributed by atoms with E-state index in [0.717, 1.165) is 18.6 Å². The van der Waals surface area contributed by atoms with Crippen LogP contribution in [0.25, 0.3) is 0 Å². The number of carbonyl (C=O) groups is 1. The van der Waals surface area contributed by atoms with Gasteiger partial charge in [-0.1, -0.05) is 12.1 Å². The highest BCUT2D eigenvalue weighted by atomic mass is 16.5. The molecule has 4 heteroatoms. The molecule has 3 rings (SSSR count). The molecule has 0 unspecified atom stereocenters. The molecule has 1 aliphatic carbocycles. The van der Waals surface area contributed by atoms with Crippen LogP contribution in [-0.2, 0) is 22.4 Å². The van der Waals surface area contributed by atoms with E-state index in [1.165, 1.54) is 24.0 Å². The number of ether oxygens (including phenoxy) is 2. The predicted octanol–water partition coefficient (Wildman–Crippen LogP) is 2.19. The van der Waals surface area contributed by atoms with Crippen LogP contribution in [0.15, 0.2) is 18.2 Å². The first kappa shape index (κ1) is 14.4. The number of carbonyl (C=O) groups excluding carboxylic acids is 1. The van der Waals surface area contributed by atoms with Crippen molar-refractivity contribution in [3.05, 3.63) is 29.3 Å². The highest BCUT2D eigenvalue weighted by Crippen LogP contribution is 2.30. The molecule has 1 aromatic carbocycles. The Morgan fingerprint density at radius 3 is 2.81 bits per heavy atom. The standard InChI is InChI=1S/C17H23NO3/c1-13(17(19)18-9-11-20-12-10-18)21-16-8-4-6-14-5-2-3-7-15(14)16/h4,6,8,13H,2-3,5,7,9-12H2,1H3/t13-/m1/s1. The molecule has 1 fully saturated rings. The minimum absolute atomic E-state index is 0.0618. The summed E-state index contributed by atoms with van der Waals surface area (Å²) in [6.45, 7) is 4.43. The minimum atomic E-state index is -0.434. The van der Waals surface area contributed by atoms with Crippen molar-refractivity contribution < 1.29 is 14.3 Å². The van der Waals surface area contributed by atoms with Crippen molar-refractivity contribution in [2.75, 3.05) is 26.3 Å². The van der Waals surface area contributed by atoms with Crippen LogP contribution >= 0.6 is 0 Å². The molecule has 0 saturated carbocycles. The molecule has 0 N–H and O–H groups in total. The zero-order valence-electron chi connectivity index (χ0n) is 12.6. The van der Waals surface area contributed by atoms with Crippen molar-refractivity contribution in [3.63, 3.8) is 0 Å². The summed E-state index contributed by atoms with van der Waals surface area (Å²) >= 11 is 0. The average Bonchev–Trinajstić information content (AvgIpc) is 2.55. The molecule has 1 heterocycles. The largest absolute Gasteiger partial charge is 0.481 e. The molecule has 1 amide bonds. The highest BCUT2D eigenvalue weighted by Gasteiger charge is 2.25. The molecule has 0 radical (unpaired) electrons. The number of hydrogen-bond acceptors (Lipinski definition) is 3. The average molecular weight is 289 g/mol. The number of fused-ring (bicyclic) bond motifs is 1. The number of aryl methyl sites for hydroxylation is 1. The lowest BCUT2D eigenvalue weighted by molar-refractivity contribution is -0.142. The number of morpholine rings is 1. The maximum Gasteiger partial charge on any atom is 0.263 e. The Hall–Kier alpha value is -1.55. The van der Waals surface area contributed by atoms with E-state index < -0.39 is 6.10 Å². The third kappa shape index (κ3) is 3.21. The molecule has 114 valence electrons. The third-order valence-corrected chi connectivity index (χ3v) is 4.33. The van der Waals surface area contributed by atoms with Gasteiger partial charge in [-0.15, -0.1) is 0 Å². The highest BCUT2D eigenvalue weighted by molar-refractivity contribution is 5.81. The van der Waals surface area contributed by atoms with Gasteiger partial charge in [0, 0.05) is 13.1 Å². The van der Waals surface area contributed by atoms with E-state index in [2.05, 4.69) is 6.07 Å². The molecule has 0 bridgehead atoms. The Morgan fingerprint density at radius 2 is 2.00 bits per heavy atom. The molecule has 1 atom stereocenters. The lowest BCUT2D eigenvalue weighted by Gasteiger charge is -2.30. The summed E-state index contributed by atoms with van der Waals surface area (Å²) in [4.78, 5) is 14.3. The van der Waals surface area contributed by atoms with E-state index in [4.69, 9.17) is 9.47 Å². The van der Waals surface area contributed by atoms with Gasteiger partial charge in [-0.05, 0) is 49.8 Å². The Balaban J connectivity index is 1.69. The number of hydrogen-bond donors (Lipinski definition) is 0. The van der Waals surface area contributed by atoms with Gasteiger partial charge in [0.15, 0.2) is 6.10 Å². The fraction of sp³-hybridized carbons (Fsp3) is 0.588. The summed E-state index contributed by atoms with van der Waals surface area (Å²) in [5.74, 6) is 0.952. The molecule has 1 aromatic rings. The zero-order valence-corrected chi connectivity index (χ0v) is 12.6. The van der Waals surface area contributed by atoms with Crippen LogP contribution < -0.4 is 4.74 Å². The zero-order chi connectivity index (χ0) is 14.7. The second-order valence-electron chi connectivity index (χ2n) is 5.80. The summed E-state index contributed by atoms with van der Waals surface area (Å²) in [6, 6.07) is 6.20. The summed E-state index contributed by atoms with van der Waals surface area (Å²) < 4.78 is 11.3. The Kier molecular flexibility index (Phi) is 4.44. The van der Waals surface area contributed by atoms with Crippen LogP contribution in [0.1, 0.15) is 30.9 Å². The number of benzene rings is 1. The van der Waals surface area contributed by atoms with E-state index in [0.29, 0.717) is 26.3 Å².